The molecule has 1 aromatic carbocycles. The highest BCUT2D eigenvalue weighted by molar-refractivity contribution is 7.15. The van der Waals surface area contributed by atoms with Gasteiger partial charge in [-0.2, -0.15) is 0 Å². The number of hydrogen-bond donors (Lipinski definition) is 2. The lowest BCUT2D eigenvalue weighted by atomic mass is 10.2. The molecule has 8 heteroatoms. The Morgan fingerprint density at radius 3 is 2.73 bits per heavy atom. The van der Waals surface area contributed by atoms with Crippen molar-refractivity contribution in [3.05, 3.63) is 46.4 Å². The summed E-state index contributed by atoms with van der Waals surface area (Å²) in [5.41, 5.74) is 6.94. The fourth-order valence-corrected chi connectivity index (χ4v) is 3.26. The Balaban J connectivity index is 1.72. The molecule has 0 aliphatic carbocycles. The predicted molar refractivity (Wildman–Crippen MR) is 87.8 cm³/mol. The van der Waals surface area contributed by atoms with Gasteiger partial charge in [-0.05, 0) is 6.92 Å². The van der Waals surface area contributed by atoms with Crippen LogP contribution < -0.4 is 11.1 Å². The second-order valence-electron chi connectivity index (χ2n) is 4.58. The maximum absolute atomic E-state index is 12.2. The van der Waals surface area contributed by atoms with Crippen molar-refractivity contribution in [2.24, 2.45) is 0 Å². The average molecular weight is 331 g/mol. The number of hydrogen-bond acceptors (Lipinski definition) is 7. The van der Waals surface area contributed by atoms with E-state index in [1.54, 1.807) is 5.38 Å². The van der Waals surface area contributed by atoms with Crippen molar-refractivity contribution in [1.82, 2.24) is 20.5 Å². The Labute approximate surface area is 135 Å². The number of thiazole rings is 1. The van der Waals surface area contributed by atoms with Crippen LogP contribution in [0, 0.1) is 0 Å². The Kier molecular flexibility index (Phi) is 4.12. The molecular formula is C14H13N5OS2. The van der Waals surface area contributed by atoms with Crippen molar-refractivity contribution in [1.29, 1.82) is 0 Å². The number of amides is 1. The van der Waals surface area contributed by atoms with Crippen molar-refractivity contribution in [3.63, 3.8) is 0 Å². The van der Waals surface area contributed by atoms with Gasteiger partial charge in [0.1, 0.15) is 15.7 Å². The second kappa shape index (κ2) is 6.20. The van der Waals surface area contributed by atoms with E-state index in [0.717, 1.165) is 10.6 Å². The maximum Gasteiger partial charge on any atom is 0.271 e. The first-order valence-electron chi connectivity index (χ1n) is 6.54. The van der Waals surface area contributed by atoms with E-state index in [4.69, 9.17) is 5.73 Å². The molecule has 1 amide bonds. The normalized spacial score (nSPS) is 12.0. The van der Waals surface area contributed by atoms with E-state index in [1.165, 1.54) is 22.7 Å². The molecule has 0 saturated heterocycles. The first kappa shape index (κ1) is 14.6. The number of nitrogens with zero attached hydrogens (tertiary/aromatic N) is 3. The lowest BCUT2D eigenvalue weighted by Crippen LogP contribution is -2.26. The molecule has 0 spiro atoms. The van der Waals surface area contributed by atoms with Crippen LogP contribution in [0.3, 0.4) is 0 Å². The fourth-order valence-electron chi connectivity index (χ4n) is 1.85. The van der Waals surface area contributed by atoms with E-state index < -0.39 is 0 Å². The maximum atomic E-state index is 12.2. The molecule has 3 rings (SSSR count). The number of nitrogens with one attached hydrogen (secondary N) is 1. The molecule has 2 heterocycles. The van der Waals surface area contributed by atoms with Crippen LogP contribution in [-0.4, -0.2) is 21.1 Å². The Hall–Kier alpha value is -2.32. The fraction of sp³-hybridized carbons (Fsp3) is 0.143. The van der Waals surface area contributed by atoms with Crippen LogP contribution in [0.2, 0.25) is 0 Å². The molecule has 0 saturated carbocycles. The topological polar surface area (TPSA) is 93.8 Å². The molecule has 2 aromatic heterocycles. The van der Waals surface area contributed by atoms with Crippen LogP contribution in [0.25, 0.3) is 10.6 Å². The van der Waals surface area contributed by atoms with E-state index in [0.29, 0.717) is 15.8 Å². The summed E-state index contributed by atoms with van der Waals surface area (Å²) in [6.45, 7) is 1.84. The van der Waals surface area contributed by atoms with Gasteiger partial charge in [-0.15, -0.1) is 21.5 Å². The minimum Gasteiger partial charge on any atom is -0.374 e. The number of carbonyl (C=O) groups excluding carboxylic acids is 1. The van der Waals surface area contributed by atoms with Gasteiger partial charge < -0.3 is 11.1 Å². The van der Waals surface area contributed by atoms with Crippen LogP contribution in [0.4, 0.5) is 5.13 Å². The van der Waals surface area contributed by atoms with Crippen molar-refractivity contribution in [3.8, 4) is 10.6 Å². The first-order valence-corrected chi connectivity index (χ1v) is 8.24. The van der Waals surface area contributed by atoms with Crippen molar-refractivity contribution >= 4 is 33.7 Å². The molecule has 1 atom stereocenters. The summed E-state index contributed by atoms with van der Waals surface area (Å²) in [4.78, 5) is 16.6. The van der Waals surface area contributed by atoms with Crippen LogP contribution in [0.1, 0.15) is 28.5 Å². The number of carbonyl (C=O) groups is 1. The molecule has 0 aliphatic heterocycles. The minimum absolute atomic E-state index is 0.236. The molecule has 0 bridgehead atoms. The number of anilines is 1. The highest BCUT2D eigenvalue weighted by Gasteiger charge is 2.17. The number of rotatable bonds is 4. The summed E-state index contributed by atoms with van der Waals surface area (Å²) in [5.74, 6) is -0.236. The molecule has 22 heavy (non-hydrogen) atoms. The van der Waals surface area contributed by atoms with Gasteiger partial charge in [0, 0.05) is 10.9 Å². The van der Waals surface area contributed by atoms with Gasteiger partial charge in [-0.1, -0.05) is 41.7 Å². The van der Waals surface area contributed by atoms with Crippen molar-refractivity contribution in [2.45, 2.75) is 13.0 Å². The van der Waals surface area contributed by atoms with E-state index in [9.17, 15) is 4.79 Å². The van der Waals surface area contributed by atoms with Crippen LogP contribution in [0.15, 0.2) is 35.7 Å². The third-order valence-corrected chi connectivity index (χ3v) is 4.76. The van der Waals surface area contributed by atoms with Gasteiger partial charge in [-0.25, -0.2) is 4.98 Å². The first-order chi connectivity index (χ1) is 10.6. The summed E-state index contributed by atoms with van der Waals surface area (Å²) < 4.78 is 0. The van der Waals surface area contributed by atoms with Crippen molar-refractivity contribution in [2.75, 3.05) is 5.73 Å². The molecule has 3 aromatic rings. The van der Waals surface area contributed by atoms with Crippen LogP contribution in [0.5, 0.6) is 0 Å². The zero-order chi connectivity index (χ0) is 15.5. The molecule has 112 valence electrons. The average Bonchev–Trinajstić information content (AvgIpc) is 3.17. The highest BCUT2D eigenvalue weighted by atomic mass is 32.1. The number of nitrogens with two attached hydrogens (primary N) is 1. The lowest BCUT2D eigenvalue weighted by molar-refractivity contribution is 0.0935. The summed E-state index contributed by atoms with van der Waals surface area (Å²) in [7, 11) is 0. The van der Waals surface area contributed by atoms with E-state index in [1.807, 2.05) is 37.3 Å². The lowest BCUT2D eigenvalue weighted by Gasteiger charge is -2.08. The predicted octanol–water partition coefficient (Wildman–Crippen LogP) is 2.73. The van der Waals surface area contributed by atoms with Crippen LogP contribution >= 0.6 is 22.7 Å². The molecule has 3 N–H and O–H groups in total. The summed E-state index contributed by atoms with van der Waals surface area (Å²) in [6.07, 6.45) is 0. The van der Waals surface area contributed by atoms with Gasteiger partial charge in [-0.3, -0.25) is 4.79 Å². The molecule has 0 radical (unpaired) electrons. The number of nitrogen functional groups attached to an aromatic ring is 1. The minimum atomic E-state index is -0.260. The summed E-state index contributed by atoms with van der Waals surface area (Å²) in [5, 5.41) is 14.1. The Morgan fingerprint density at radius 1 is 1.27 bits per heavy atom. The standard InChI is InChI=1S/C14H13N5OS2/c1-8(12-18-19-14(15)22-12)16-11(20)10-7-21-13(17-10)9-5-3-2-4-6-9/h2-8H,1H3,(H2,15,19)(H,16,20)/t8-/m1/s1. The van der Waals surface area contributed by atoms with E-state index >= 15 is 0 Å². The van der Waals surface area contributed by atoms with E-state index in [-0.39, 0.29) is 11.9 Å². The van der Waals surface area contributed by atoms with Gasteiger partial charge >= 0.3 is 0 Å². The van der Waals surface area contributed by atoms with Crippen LogP contribution in [-0.2, 0) is 0 Å². The molecule has 6 nitrogen and oxygen atoms in total. The van der Waals surface area contributed by atoms with Gasteiger partial charge in [0.2, 0.25) is 5.13 Å². The van der Waals surface area contributed by atoms with Gasteiger partial charge in [0.15, 0.2) is 0 Å². The summed E-state index contributed by atoms with van der Waals surface area (Å²) >= 11 is 2.70. The Morgan fingerprint density at radius 2 is 2.05 bits per heavy atom. The highest BCUT2D eigenvalue weighted by Crippen LogP contribution is 2.24. The molecule has 0 fully saturated rings. The van der Waals surface area contributed by atoms with Gasteiger partial charge in [0.25, 0.3) is 5.91 Å². The second-order valence-corrected chi connectivity index (χ2v) is 6.48. The zero-order valence-electron chi connectivity index (χ0n) is 11.7. The SMILES string of the molecule is C[C@@H](NC(=O)c1csc(-c2ccccc2)n1)c1nnc(N)s1. The monoisotopic (exact) mass is 331 g/mol. The number of benzene rings is 1. The molecule has 0 unspecified atom stereocenters. The molecule has 0 aliphatic rings. The van der Waals surface area contributed by atoms with E-state index in [2.05, 4.69) is 20.5 Å². The van der Waals surface area contributed by atoms with Crippen molar-refractivity contribution < 1.29 is 4.79 Å². The molecular weight excluding hydrogens is 318 g/mol. The third-order valence-electron chi connectivity index (χ3n) is 2.93. The summed E-state index contributed by atoms with van der Waals surface area (Å²) in [6, 6.07) is 9.50. The third kappa shape index (κ3) is 3.12. The quantitative estimate of drug-likeness (QED) is 0.766. The van der Waals surface area contributed by atoms with Gasteiger partial charge in [0.05, 0.1) is 6.04 Å². The largest absolute Gasteiger partial charge is 0.374 e. The smallest absolute Gasteiger partial charge is 0.271 e. The zero-order valence-corrected chi connectivity index (χ0v) is 13.3. The number of aromatic nitrogens is 3. The Bertz CT molecular complexity index is 783.